The number of amides is 1. The molecule has 3 heterocycles. The van der Waals surface area contributed by atoms with Gasteiger partial charge in [0, 0.05) is 73.6 Å². The molecule has 0 saturated heterocycles. The lowest BCUT2D eigenvalue weighted by Gasteiger charge is -2.14. The van der Waals surface area contributed by atoms with Crippen molar-refractivity contribution < 1.29 is 9.53 Å². The molecule has 0 N–H and O–H groups in total. The minimum absolute atomic E-state index is 0.127. The number of aromatic nitrogens is 4. The Hall–Kier alpha value is -3.71. The Kier molecular flexibility index (Phi) is 6.42. The molecule has 3 aromatic heterocycles. The van der Waals surface area contributed by atoms with Crippen molar-refractivity contribution >= 4 is 34.5 Å². The molecule has 0 aliphatic carbocycles. The van der Waals surface area contributed by atoms with Gasteiger partial charge in [-0.25, -0.2) is 4.98 Å². The fourth-order valence-corrected chi connectivity index (χ4v) is 3.77. The van der Waals surface area contributed by atoms with E-state index in [1.54, 1.807) is 38.8 Å². The summed E-state index contributed by atoms with van der Waals surface area (Å²) in [5.74, 6) is 0.519. The Labute approximate surface area is 197 Å². The summed E-state index contributed by atoms with van der Waals surface area (Å²) in [5, 5.41) is 5.74. The smallest absolute Gasteiger partial charge is 0.246 e. The largest absolute Gasteiger partial charge is 0.487 e. The summed E-state index contributed by atoms with van der Waals surface area (Å²) >= 11 is 6.43. The van der Waals surface area contributed by atoms with Gasteiger partial charge in [0.25, 0.3) is 0 Å². The molecule has 0 aliphatic rings. The minimum Gasteiger partial charge on any atom is -0.487 e. The van der Waals surface area contributed by atoms with Crippen LogP contribution in [0.4, 0.5) is 0 Å². The minimum atomic E-state index is -0.127. The van der Waals surface area contributed by atoms with Crippen molar-refractivity contribution in [1.29, 1.82) is 0 Å². The predicted octanol–water partition coefficient (Wildman–Crippen LogP) is 4.67. The van der Waals surface area contributed by atoms with Gasteiger partial charge >= 0.3 is 0 Å². The van der Waals surface area contributed by atoms with Crippen molar-refractivity contribution in [2.75, 3.05) is 14.1 Å². The van der Waals surface area contributed by atoms with E-state index in [2.05, 4.69) is 10.1 Å². The van der Waals surface area contributed by atoms with Crippen molar-refractivity contribution in [3.63, 3.8) is 0 Å². The Morgan fingerprint density at radius 3 is 2.79 bits per heavy atom. The first-order valence-corrected chi connectivity index (χ1v) is 10.8. The number of nitrogens with zero attached hydrogens (tertiary/aromatic N) is 5. The highest BCUT2D eigenvalue weighted by Crippen LogP contribution is 2.33. The highest BCUT2D eigenvalue weighted by atomic mass is 35.5. The molecule has 0 saturated carbocycles. The molecule has 0 bridgehead atoms. The van der Waals surface area contributed by atoms with E-state index in [0.29, 0.717) is 10.8 Å². The highest BCUT2D eigenvalue weighted by Gasteiger charge is 2.14. The number of aryl methyl sites for hydroxylation is 2. The van der Waals surface area contributed by atoms with E-state index in [1.807, 2.05) is 49.0 Å². The van der Waals surface area contributed by atoms with Crippen LogP contribution in [-0.4, -0.2) is 44.7 Å². The lowest BCUT2D eigenvalue weighted by Crippen LogP contribution is -2.18. The third kappa shape index (κ3) is 4.73. The number of hydrogen-bond donors (Lipinski definition) is 0. The van der Waals surface area contributed by atoms with Crippen LogP contribution in [0.5, 0.6) is 5.75 Å². The Balaban J connectivity index is 1.70. The molecule has 4 aromatic rings. The van der Waals surface area contributed by atoms with Crippen molar-refractivity contribution in [2.45, 2.75) is 13.5 Å². The van der Waals surface area contributed by atoms with Crippen LogP contribution in [0.2, 0.25) is 5.02 Å². The van der Waals surface area contributed by atoms with Crippen LogP contribution >= 0.6 is 11.6 Å². The van der Waals surface area contributed by atoms with E-state index in [9.17, 15) is 4.79 Å². The fourth-order valence-electron chi connectivity index (χ4n) is 3.55. The van der Waals surface area contributed by atoms with Crippen molar-refractivity contribution in [3.05, 3.63) is 76.8 Å². The molecule has 4 rings (SSSR count). The van der Waals surface area contributed by atoms with Gasteiger partial charge in [-0.3, -0.25) is 14.5 Å². The molecule has 7 nitrogen and oxygen atoms in total. The molecule has 33 heavy (non-hydrogen) atoms. The van der Waals surface area contributed by atoms with Crippen LogP contribution in [0.15, 0.2) is 55.0 Å². The number of para-hydroxylation sites is 1. The zero-order valence-corrected chi connectivity index (χ0v) is 19.7. The summed E-state index contributed by atoms with van der Waals surface area (Å²) in [6, 6.07) is 9.89. The van der Waals surface area contributed by atoms with Crippen LogP contribution in [0.3, 0.4) is 0 Å². The lowest BCUT2D eigenvalue weighted by atomic mass is 10.0. The van der Waals surface area contributed by atoms with Gasteiger partial charge in [0.05, 0.1) is 10.7 Å². The Morgan fingerprint density at radius 1 is 1.24 bits per heavy atom. The van der Waals surface area contributed by atoms with Gasteiger partial charge in [-0.2, -0.15) is 5.10 Å². The standard InChI is InChI=1S/C25H24ClN5O2/c1-16-12-19(22-10-11-28-31(22)4)18-6-5-7-23(25(18)29-16)33-15-20-17(13-27-14-21(20)26)8-9-24(32)30(2)3/h5-14H,15H2,1-4H3/b9-8+. The monoisotopic (exact) mass is 461 g/mol. The third-order valence-corrected chi connectivity index (χ3v) is 5.61. The third-order valence-electron chi connectivity index (χ3n) is 5.28. The van der Waals surface area contributed by atoms with Gasteiger partial charge in [-0.1, -0.05) is 23.7 Å². The molecule has 8 heteroatoms. The summed E-state index contributed by atoms with van der Waals surface area (Å²) in [7, 11) is 5.31. The molecule has 0 aliphatic heterocycles. The number of likely N-dealkylation sites (N-methyl/N-ethyl adjacent to an activating group) is 1. The van der Waals surface area contributed by atoms with Gasteiger partial charge < -0.3 is 9.64 Å². The molecule has 168 valence electrons. The second-order valence-electron chi connectivity index (χ2n) is 7.85. The molecule has 0 spiro atoms. The molecular weight excluding hydrogens is 438 g/mol. The van der Waals surface area contributed by atoms with E-state index in [1.165, 1.54) is 11.0 Å². The first-order valence-electron chi connectivity index (χ1n) is 10.4. The maximum atomic E-state index is 12.0. The number of carbonyl (C=O) groups excluding carboxylic acids is 1. The number of benzene rings is 1. The van der Waals surface area contributed by atoms with Gasteiger partial charge in [-0.15, -0.1) is 0 Å². The number of pyridine rings is 2. The highest BCUT2D eigenvalue weighted by molar-refractivity contribution is 6.31. The van der Waals surface area contributed by atoms with Crippen LogP contribution < -0.4 is 4.74 Å². The Bertz CT molecular complexity index is 1360. The van der Waals surface area contributed by atoms with Crippen LogP contribution in [0.25, 0.3) is 28.2 Å². The van der Waals surface area contributed by atoms with E-state index in [0.717, 1.165) is 39.0 Å². The van der Waals surface area contributed by atoms with Gasteiger partial charge in [0.2, 0.25) is 5.91 Å². The SMILES string of the molecule is Cc1cc(-c2ccnn2C)c2cccc(OCc3c(Cl)cncc3/C=C/C(=O)N(C)C)c2n1. The van der Waals surface area contributed by atoms with E-state index >= 15 is 0 Å². The van der Waals surface area contributed by atoms with Crippen LogP contribution in [0.1, 0.15) is 16.8 Å². The molecule has 0 fully saturated rings. The zero-order chi connectivity index (χ0) is 23.5. The maximum Gasteiger partial charge on any atom is 0.246 e. The number of carbonyl (C=O) groups is 1. The maximum absolute atomic E-state index is 12.0. The normalized spacial score (nSPS) is 11.3. The summed E-state index contributed by atoms with van der Waals surface area (Å²) in [6.45, 7) is 2.16. The van der Waals surface area contributed by atoms with Gasteiger partial charge in [-0.05, 0) is 31.2 Å². The van der Waals surface area contributed by atoms with Gasteiger partial charge in [0.15, 0.2) is 0 Å². The average Bonchev–Trinajstić information content (AvgIpc) is 3.21. The summed E-state index contributed by atoms with van der Waals surface area (Å²) < 4.78 is 8.05. The number of hydrogen-bond acceptors (Lipinski definition) is 5. The number of rotatable bonds is 6. The summed E-state index contributed by atoms with van der Waals surface area (Å²) in [5.41, 5.74) is 5.14. The second-order valence-corrected chi connectivity index (χ2v) is 8.25. The molecule has 0 atom stereocenters. The first-order chi connectivity index (χ1) is 15.8. The fraction of sp³-hybridized carbons (Fsp3) is 0.200. The topological polar surface area (TPSA) is 73.1 Å². The predicted molar refractivity (Wildman–Crippen MR) is 130 cm³/mol. The van der Waals surface area contributed by atoms with Gasteiger partial charge in [0.1, 0.15) is 17.9 Å². The van der Waals surface area contributed by atoms with Crippen LogP contribution in [-0.2, 0) is 18.4 Å². The number of fused-ring (bicyclic) bond motifs is 1. The molecule has 0 radical (unpaired) electrons. The number of halogens is 1. The van der Waals surface area contributed by atoms with E-state index in [4.69, 9.17) is 21.3 Å². The molecule has 1 aromatic carbocycles. The molecule has 0 unspecified atom stereocenters. The van der Waals surface area contributed by atoms with Crippen LogP contribution in [0, 0.1) is 6.92 Å². The zero-order valence-electron chi connectivity index (χ0n) is 18.9. The number of ether oxygens (including phenoxy) is 1. The van der Waals surface area contributed by atoms with Crippen molar-refractivity contribution in [2.24, 2.45) is 7.05 Å². The second kappa shape index (κ2) is 9.42. The average molecular weight is 462 g/mol. The summed E-state index contributed by atoms with van der Waals surface area (Å²) in [4.78, 5) is 22.4. The first kappa shape index (κ1) is 22.5. The lowest BCUT2D eigenvalue weighted by molar-refractivity contribution is -0.123. The van der Waals surface area contributed by atoms with E-state index < -0.39 is 0 Å². The van der Waals surface area contributed by atoms with E-state index in [-0.39, 0.29) is 12.5 Å². The Morgan fingerprint density at radius 2 is 2.06 bits per heavy atom. The quantitative estimate of drug-likeness (QED) is 0.390. The summed E-state index contributed by atoms with van der Waals surface area (Å²) in [6.07, 6.45) is 8.19. The molecular formula is C25H24ClN5O2. The molecule has 1 amide bonds. The van der Waals surface area contributed by atoms with Crippen molar-refractivity contribution in [3.8, 4) is 17.0 Å². The van der Waals surface area contributed by atoms with Crippen molar-refractivity contribution in [1.82, 2.24) is 24.6 Å².